The van der Waals surface area contributed by atoms with E-state index in [1.165, 1.54) is 25.7 Å². The maximum atomic E-state index is 12.6. The Morgan fingerprint density at radius 1 is 1.30 bits per heavy atom. The molecule has 0 aromatic carbocycles. The van der Waals surface area contributed by atoms with Gasteiger partial charge in [-0.15, -0.1) is 0 Å². The Morgan fingerprint density at radius 2 is 1.96 bits per heavy atom. The molecule has 6 nitrogen and oxygen atoms in total. The predicted molar refractivity (Wildman–Crippen MR) is 109 cm³/mol. The molecule has 1 aliphatic carbocycles. The lowest BCUT2D eigenvalue weighted by Gasteiger charge is -2.22. The summed E-state index contributed by atoms with van der Waals surface area (Å²) in [6, 6.07) is 1.91. The zero-order valence-electron chi connectivity index (χ0n) is 17.7. The summed E-state index contributed by atoms with van der Waals surface area (Å²) in [4.78, 5) is 26.8. The summed E-state index contributed by atoms with van der Waals surface area (Å²) in [5.41, 5.74) is 0.851. The van der Waals surface area contributed by atoms with Crippen LogP contribution in [0.5, 0.6) is 0 Å². The molecule has 1 saturated carbocycles. The van der Waals surface area contributed by atoms with Gasteiger partial charge in [0.1, 0.15) is 5.82 Å². The Hall–Kier alpha value is -1.85. The lowest BCUT2D eigenvalue weighted by Crippen LogP contribution is -2.38. The second-order valence-corrected chi connectivity index (χ2v) is 8.84. The average Bonchev–Trinajstić information content (AvgIpc) is 3.22. The number of anilines is 1. The predicted octanol–water partition coefficient (Wildman–Crippen LogP) is 3.87. The summed E-state index contributed by atoms with van der Waals surface area (Å²) in [6.45, 7) is 9.03. The van der Waals surface area contributed by atoms with Crippen molar-refractivity contribution in [2.24, 2.45) is 13.0 Å². The number of aryl methyl sites for hydroxylation is 1. The van der Waals surface area contributed by atoms with E-state index in [0.717, 1.165) is 18.5 Å². The summed E-state index contributed by atoms with van der Waals surface area (Å²) in [7, 11) is 1.82. The molecule has 0 radical (unpaired) electrons. The van der Waals surface area contributed by atoms with Gasteiger partial charge in [-0.3, -0.25) is 14.3 Å². The van der Waals surface area contributed by atoms with E-state index in [2.05, 4.69) is 31.2 Å². The van der Waals surface area contributed by atoms with E-state index in [1.807, 2.05) is 20.0 Å². The number of nitrogens with one attached hydrogen (secondary N) is 1. The molecule has 0 spiro atoms. The van der Waals surface area contributed by atoms with E-state index >= 15 is 0 Å². The lowest BCUT2D eigenvalue weighted by molar-refractivity contribution is -0.135. The van der Waals surface area contributed by atoms with Gasteiger partial charge in [0.2, 0.25) is 11.8 Å². The van der Waals surface area contributed by atoms with Crippen molar-refractivity contribution >= 4 is 17.6 Å². The molecule has 6 heteroatoms. The Balaban J connectivity index is 1.91. The van der Waals surface area contributed by atoms with Gasteiger partial charge in [-0.2, -0.15) is 5.10 Å². The number of hydrogen-bond acceptors (Lipinski definition) is 3. The molecule has 2 rings (SSSR count). The molecular weight excluding hydrogens is 340 g/mol. The van der Waals surface area contributed by atoms with Gasteiger partial charge in [-0.1, -0.05) is 53.4 Å². The fourth-order valence-electron chi connectivity index (χ4n) is 3.65. The molecule has 0 unspecified atom stereocenters. The molecule has 1 fully saturated rings. The number of carbonyl (C=O) groups is 2. The van der Waals surface area contributed by atoms with E-state index in [9.17, 15) is 9.59 Å². The van der Waals surface area contributed by atoms with Crippen LogP contribution in [0.25, 0.3) is 0 Å². The van der Waals surface area contributed by atoms with Crippen molar-refractivity contribution in [3.63, 3.8) is 0 Å². The van der Waals surface area contributed by atoms with Crippen LogP contribution < -0.4 is 5.32 Å². The Bertz CT molecular complexity index is 639. The van der Waals surface area contributed by atoms with Crippen molar-refractivity contribution in [1.82, 2.24) is 14.7 Å². The van der Waals surface area contributed by atoms with E-state index < -0.39 is 0 Å². The van der Waals surface area contributed by atoms with Crippen LogP contribution in [0.1, 0.15) is 78.3 Å². The highest BCUT2D eigenvalue weighted by Crippen LogP contribution is 2.28. The minimum absolute atomic E-state index is 0.0782. The molecule has 1 aromatic rings. The Morgan fingerprint density at radius 3 is 2.52 bits per heavy atom. The van der Waals surface area contributed by atoms with Crippen LogP contribution in [0.2, 0.25) is 0 Å². The summed E-state index contributed by atoms with van der Waals surface area (Å²) in [5.74, 6) is 1.29. The van der Waals surface area contributed by atoms with Crippen LogP contribution in [-0.2, 0) is 22.1 Å². The smallest absolute Gasteiger partial charge is 0.245 e. The molecule has 0 bridgehead atoms. The fourth-order valence-corrected chi connectivity index (χ4v) is 3.65. The van der Waals surface area contributed by atoms with Gasteiger partial charge in [-0.05, 0) is 18.8 Å². The summed E-state index contributed by atoms with van der Waals surface area (Å²) in [5, 5.41) is 7.39. The first-order chi connectivity index (χ1) is 12.7. The van der Waals surface area contributed by atoms with E-state index in [4.69, 9.17) is 0 Å². The van der Waals surface area contributed by atoms with Crippen molar-refractivity contribution in [2.45, 2.75) is 78.1 Å². The zero-order valence-corrected chi connectivity index (χ0v) is 17.7. The Labute approximate surface area is 163 Å². The lowest BCUT2D eigenvalue weighted by atomic mass is 9.92. The van der Waals surface area contributed by atoms with Crippen LogP contribution in [0.15, 0.2) is 6.07 Å². The first-order valence-corrected chi connectivity index (χ1v) is 10.3. The van der Waals surface area contributed by atoms with Crippen LogP contribution in [0, 0.1) is 5.92 Å². The highest BCUT2D eigenvalue weighted by Gasteiger charge is 2.22. The number of nitrogens with zero attached hydrogens (tertiary/aromatic N) is 3. The van der Waals surface area contributed by atoms with Crippen LogP contribution in [-0.4, -0.2) is 39.6 Å². The molecule has 2 amide bonds. The molecule has 27 heavy (non-hydrogen) atoms. The maximum Gasteiger partial charge on any atom is 0.245 e. The van der Waals surface area contributed by atoms with Gasteiger partial charge in [0.15, 0.2) is 0 Å². The van der Waals surface area contributed by atoms with Gasteiger partial charge in [0.05, 0.1) is 12.2 Å². The van der Waals surface area contributed by atoms with E-state index in [0.29, 0.717) is 24.7 Å². The van der Waals surface area contributed by atoms with Crippen LogP contribution in [0.3, 0.4) is 0 Å². The van der Waals surface area contributed by atoms with Gasteiger partial charge < -0.3 is 10.2 Å². The standard InChI is InChI=1S/C21H36N4O2/c1-6-13-25(20(27)12-11-16-9-7-8-10-16)15-19(26)22-18-14-17(21(2,3)4)23-24(18)5/h14,16H,6-13,15H2,1-5H3,(H,22,26). The first kappa shape index (κ1) is 21.5. The highest BCUT2D eigenvalue weighted by atomic mass is 16.2. The Kier molecular flexibility index (Phi) is 7.45. The number of carbonyl (C=O) groups excluding carboxylic acids is 2. The number of aromatic nitrogens is 2. The third-order valence-electron chi connectivity index (χ3n) is 5.34. The molecule has 1 aromatic heterocycles. The topological polar surface area (TPSA) is 67.2 Å². The maximum absolute atomic E-state index is 12.6. The molecule has 0 aliphatic heterocycles. The van der Waals surface area contributed by atoms with Gasteiger partial charge >= 0.3 is 0 Å². The number of amides is 2. The van der Waals surface area contributed by atoms with Crippen molar-refractivity contribution in [3.05, 3.63) is 11.8 Å². The van der Waals surface area contributed by atoms with Crippen LogP contribution >= 0.6 is 0 Å². The minimum Gasteiger partial charge on any atom is -0.333 e. The zero-order chi connectivity index (χ0) is 20.0. The van der Waals surface area contributed by atoms with Gasteiger partial charge in [-0.25, -0.2) is 0 Å². The average molecular weight is 377 g/mol. The van der Waals surface area contributed by atoms with Crippen molar-refractivity contribution in [3.8, 4) is 0 Å². The second-order valence-electron chi connectivity index (χ2n) is 8.84. The minimum atomic E-state index is -0.166. The second kappa shape index (κ2) is 9.38. The summed E-state index contributed by atoms with van der Waals surface area (Å²) >= 11 is 0. The summed E-state index contributed by atoms with van der Waals surface area (Å²) < 4.78 is 1.69. The van der Waals surface area contributed by atoms with E-state index in [1.54, 1.807) is 9.58 Å². The third-order valence-corrected chi connectivity index (χ3v) is 5.34. The fraction of sp³-hybridized carbons (Fsp3) is 0.762. The molecule has 1 aliphatic rings. The molecule has 152 valence electrons. The normalized spacial score (nSPS) is 15.1. The van der Waals surface area contributed by atoms with Gasteiger partial charge in [0.25, 0.3) is 0 Å². The number of rotatable bonds is 8. The molecule has 0 saturated heterocycles. The third kappa shape index (κ3) is 6.36. The van der Waals surface area contributed by atoms with Crippen LogP contribution in [0.4, 0.5) is 5.82 Å². The molecule has 1 N–H and O–H groups in total. The molecule has 1 heterocycles. The first-order valence-electron chi connectivity index (χ1n) is 10.3. The van der Waals surface area contributed by atoms with Crippen molar-refractivity contribution < 1.29 is 9.59 Å². The number of hydrogen-bond donors (Lipinski definition) is 1. The largest absolute Gasteiger partial charge is 0.333 e. The van der Waals surface area contributed by atoms with Crippen molar-refractivity contribution in [1.29, 1.82) is 0 Å². The molecular formula is C21H36N4O2. The van der Waals surface area contributed by atoms with Crippen molar-refractivity contribution in [2.75, 3.05) is 18.4 Å². The summed E-state index contributed by atoms with van der Waals surface area (Å²) in [6.07, 6.45) is 7.44. The monoisotopic (exact) mass is 376 g/mol. The highest BCUT2D eigenvalue weighted by molar-refractivity contribution is 5.94. The molecule has 0 atom stereocenters. The van der Waals surface area contributed by atoms with Gasteiger partial charge in [0, 0.05) is 31.5 Å². The quantitative estimate of drug-likeness (QED) is 0.749. The van der Waals surface area contributed by atoms with E-state index in [-0.39, 0.29) is 23.8 Å². The SMILES string of the molecule is CCCN(CC(=O)Nc1cc(C(C)(C)C)nn1C)C(=O)CCC1CCCC1.